The van der Waals surface area contributed by atoms with Gasteiger partial charge in [0.1, 0.15) is 5.00 Å². The highest BCUT2D eigenvalue weighted by Gasteiger charge is 2.42. The molecular formula is C20H23F2N3OS. The van der Waals surface area contributed by atoms with E-state index in [1.165, 1.54) is 11.3 Å². The van der Waals surface area contributed by atoms with Crippen LogP contribution in [0.3, 0.4) is 0 Å². The summed E-state index contributed by atoms with van der Waals surface area (Å²) in [5.41, 5.74) is 1.75. The predicted molar refractivity (Wildman–Crippen MR) is 103 cm³/mol. The van der Waals surface area contributed by atoms with Gasteiger partial charge >= 0.3 is 0 Å². The standard InChI is InChI=1S/C20H23F2N3OS/c1-12-23-11-18(27-12)25-19(26)14-4-2-3-13(9-14)16-10-17(16)24-15-5-7-20(21,22)8-6-15/h2-4,9,11,15-17,24H,5-8,10H2,1H3,(H,25,26)/t16-,17+/m0/s1. The van der Waals surface area contributed by atoms with E-state index in [4.69, 9.17) is 0 Å². The molecule has 0 spiro atoms. The van der Waals surface area contributed by atoms with Gasteiger partial charge < -0.3 is 10.6 Å². The molecule has 144 valence electrons. The second-order valence-electron chi connectivity index (χ2n) is 7.57. The summed E-state index contributed by atoms with van der Waals surface area (Å²) in [5, 5.41) is 8.06. The minimum atomic E-state index is -2.49. The quantitative estimate of drug-likeness (QED) is 0.775. The number of carbonyl (C=O) groups excluding carboxylic acids is 1. The molecule has 1 amide bonds. The van der Waals surface area contributed by atoms with Gasteiger partial charge in [-0.2, -0.15) is 0 Å². The van der Waals surface area contributed by atoms with E-state index < -0.39 is 5.92 Å². The van der Waals surface area contributed by atoms with Crippen molar-refractivity contribution in [2.75, 3.05) is 5.32 Å². The van der Waals surface area contributed by atoms with Crippen LogP contribution < -0.4 is 10.6 Å². The first-order valence-electron chi connectivity index (χ1n) is 9.37. The van der Waals surface area contributed by atoms with Crippen molar-refractivity contribution < 1.29 is 13.6 Å². The number of nitrogens with one attached hydrogen (secondary N) is 2. The number of alkyl halides is 2. The van der Waals surface area contributed by atoms with E-state index in [1.807, 2.05) is 25.1 Å². The largest absolute Gasteiger partial charge is 0.312 e. The summed E-state index contributed by atoms with van der Waals surface area (Å²) in [6, 6.07) is 8.18. The summed E-state index contributed by atoms with van der Waals surface area (Å²) in [7, 11) is 0. The summed E-state index contributed by atoms with van der Waals surface area (Å²) in [6.45, 7) is 1.90. The molecule has 4 nitrogen and oxygen atoms in total. The average Bonchev–Trinajstić information content (AvgIpc) is 3.29. The fourth-order valence-electron chi connectivity index (χ4n) is 3.77. The van der Waals surface area contributed by atoms with Crippen LogP contribution in [-0.2, 0) is 0 Å². The molecule has 2 aromatic rings. The molecule has 27 heavy (non-hydrogen) atoms. The van der Waals surface area contributed by atoms with E-state index in [0.29, 0.717) is 30.4 Å². The van der Waals surface area contributed by atoms with Gasteiger partial charge in [-0.15, -0.1) is 11.3 Å². The Morgan fingerprint density at radius 2 is 2.07 bits per heavy atom. The lowest BCUT2D eigenvalue weighted by atomic mass is 9.92. The summed E-state index contributed by atoms with van der Waals surface area (Å²) in [5.74, 6) is -2.27. The SMILES string of the molecule is Cc1ncc(NC(=O)c2cccc([C@@H]3C[C@H]3NC3CCC(F)(F)CC3)c2)s1. The Labute approximate surface area is 161 Å². The van der Waals surface area contributed by atoms with Crippen molar-refractivity contribution in [1.82, 2.24) is 10.3 Å². The van der Waals surface area contributed by atoms with Gasteiger partial charge in [0.05, 0.1) is 11.2 Å². The number of aromatic nitrogens is 1. The monoisotopic (exact) mass is 391 g/mol. The van der Waals surface area contributed by atoms with Crippen molar-refractivity contribution in [2.45, 2.75) is 63.0 Å². The maximum Gasteiger partial charge on any atom is 0.256 e. The van der Waals surface area contributed by atoms with E-state index in [2.05, 4.69) is 15.6 Å². The molecule has 4 rings (SSSR count). The van der Waals surface area contributed by atoms with Crippen molar-refractivity contribution >= 4 is 22.2 Å². The van der Waals surface area contributed by atoms with Gasteiger partial charge in [-0.1, -0.05) is 12.1 Å². The Bertz CT molecular complexity index is 828. The molecule has 0 radical (unpaired) electrons. The summed E-state index contributed by atoms with van der Waals surface area (Å²) in [6.07, 6.45) is 3.69. The van der Waals surface area contributed by atoms with E-state index in [-0.39, 0.29) is 24.8 Å². The molecule has 1 aromatic carbocycles. The minimum Gasteiger partial charge on any atom is -0.312 e. The van der Waals surface area contributed by atoms with Crippen LogP contribution in [0.5, 0.6) is 0 Å². The zero-order valence-electron chi connectivity index (χ0n) is 15.2. The Balaban J connectivity index is 1.34. The first-order chi connectivity index (χ1) is 12.9. The number of amides is 1. The maximum absolute atomic E-state index is 13.3. The van der Waals surface area contributed by atoms with Crippen LogP contribution in [-0.4, -0.2) is 28.9 Å². The zero-order chi connectivity index (χ0) is 19.0. The molecule has 2 N–H and O–H groups in total. The highest BCUT2D eigenvalue weighted by Crippen LogP contribution is 2.43. The van der Waals surface area contributed by atoms with Crippen molar-refractivity contribution in [3.8, 4) is 0 Å². The number of thiazole rings is 1. The fraction of sp³-hybridized carbons (Fsp3) is 0.500. The molecule has 1 heterocycles. The Morgan fingerprint density at radius 3 is 2.78 bits per heavy atom. The zero-order valence-corrected chi connectivity index (χ0v) is 16.0. The number of anilines is 1. The lowest BCUT2D eigenvalue weighted by Crippen LogP contribution is -2.38. The van der Waals surface area contributed by atoms with Crippen LogP contribution in [0.4, 0.5) is 13.8 Å². The number of hydrogen-bond acceptors (Lipinski definition) is 4. The second kappa shape index (κ2) is 7.28. The molecular weight excluding hydrogens is 368 g/mol. The normalized spacial score (nSPS) is 24.6. The maximum atomic E-state index is 13.3. The third kappa shape index (κ3) is 4.52. The summed E-state index contributed by atoms with van der Waals surface area (Å²) in [4.78, 5) is 16.6. The first-order valence-corrected chi connectivity index (χ1v) is 10.2. The van der Waals surface area contributed by atoms with E-state index in [1.54, 1.807) is 12.3 Å². The Morgan fingerprint density at radius 1 is 1.30 bits per heavy atom. The van der Waals surface area contributed by atoms with Crippen molar-refractivity contribution in [1.29, 1.82) is 0 Å². The summed E-state index contributed by atoms with van der Waals surface area (Å²) >= 11 is 1.45. The van der Waals surface area contributed by atoms with E-state index >= 15 is 0 Å². The molecule has 0 bridgehead atoms. The number of halogens is 2. The predicted octanol–water partition coefficient (Wildman–Crippen LogP) is 4.73. The number of benzene rings is 1. The van der Waals surface area contributed by atoms with Crippen molar-refractivity contribution in [3.63, 3.8) is 0 Å². The molecule has 0 aliphatic heterocycles. The van der Waals surface area contributed by atoms with Gasteiger partial charge in [-0.25, -0.2) is 13.8 Å². The second-order valence-corrected chi connectivity index (χ2v) is 8.80. The van der Waals surface area contributed by atoms with E-state index in [0.717, 1.165) is 22.0 Å². The van der Waals surface area contributed by atoms with Crippen molar-refractivity contribution in [3.05, 3.63) is 46.6 Å². The van der Waals surface area contributed by atoms with Gasteiger partial charge in [-0.05, 0) is 43.9 Å². The third-order valence-corrected chi connectivity index (χ3v) is 6.22. The topological polar surface area (TPSA) is 54.0 Å². The number of hydrogen-bond donors (Lipinski definition) is 2. The van der Waals surface area contributed by atoms with Crippen molar-refractivity contribution in [2.24, 2.45) is 0 Å². The Kier molecular flexibility index (Phi) is 4.99. The fourth-order valence-corrected chi connectivity index (χ4v) is 4.44. The smallest absolute Gasteiger partial charge is 0.256 e. The van der Waals surface area contributed by atoms with Gasteiger partial charge in [0, 0.05) is 36.4 Å². The number of carbonyl (C=O) groups is 1. The van der Waals surface area contributed by atoms with E-state index in [9.17, 15) is 13.6 Å². The minimum absolute atomic E-state index is 0.0191. The van der Waals surface area contributed by atoms with Crippen LogP contribution in [0.2, 0.25) is 0 Å². The Hall–Kier alpha value is -1.86. The first kappa shape index (κ1) is 18.5. The van der Waals surface area contributed by atoms with Gasteiger partial charge in [0.2, 0.25) is 5.92 Å². The average molecular weight is 391 g/mol. The highest BCUT2D eigenvalue weighted by atomic mass is 32.1. The van der Waals surface area contributed by atoms with Crippen LogP contribution in [0.25, 0.3) is 0 Å². The molecule has 0 unspecified atom stereocenters. The molecule has 2 atom stereocenters. The molecule has 0 saturated heterocycles. The molecule has 2 saturated carbocycles. The lowest BCUT2D eigenvalue weighted by molar-refractivity contribution is -0.0405. The number of nitrogens with zero attached hydrogens (tertiary/aromatic N) is 1. The molecule has 2 aliphatic rings. The van der Waals surface area contributed by atoms with Crippen LogP contribution in [0.1, 0.15) is 59.0 Å². The molecule has 1 aromatic heterocycles. The lowest BCUT2D eigenvalue weighted by Gasteiger charge is -2.29. The highest BCUT2D eigenvalue weighted by molar-refractivity contribution is 7.15. The number of rotatable bonds is 5. The van der Waals surface area contributed by atoms with Gasteiger partial charge in [-0.3, -0.25) is 4.79 Å². The molecule has 2 aliphatic carbocycles. The third-order valence-electron chi connectivity index (χ3n) is 5.39. The molecule has 7 heteroatoms. The van der Waals surface area contributed by atoms with Crippen LogP contribution in [0, 0.1) is 6.92 Å². The van der Waals surface area contributed by atoms with Crippen LogP contribution in [0.15, 0.2) is 30.5 Å². The van der Waals surface area contributed by atoms with Crippen LogP contribution >= 0.6 is 11.3 Å². The van der Waals surface area contributed by atoms with Gasteiger partial charge in [0.15, 0.2) is 0 Å². The summed E-state index contributed by atoms with van der Waals surface area (Å²) < 4.78 is 26.6. The molecule has 2 fully saturated rings. The van der Waals surface area contributed by atoms with Gasteiger partial charge in [0.25, 0.3) is 5.91 Å². The number of aryl methyl sites for hydroxylation is 1.